The van der Waals surface area contributed by atoms with Gasteiger partial charge < -0.3 is 10.1 Å². The van der Waals surface area contributed by atoms with Crippen LogP contribution in [0.5, 0.6) is 0 Å². The summed E-state index contributed by atoms with van der Waals surface area (Å²) in [4.78, 5) is 16.1. The Morgan fingerprint density at radius 2 is 2.11 bits per heavy atom. The summed E-state index contributed by atoms with van der Waals surface area (Å²) in [6.07, 6.45) is 6.65. The van der Waals surface area contributed by atoms with E-state index in [-0.39, 0.29) is 30.4 Å². The number of halogens is 1. The normalized spacial score (nSPS) is 17.5. The standard InChI is InChI=1S/C21H28FN7O6S/c1-14-13-15(9-10-17(14)22)25-20(26-31)18-19(28-35-27-18)23-11-12-24-36(32,33)29-21(30)34-16-7-5-3-2-4-6-8-16/h5,7,9-10,13,16,24,31H,2-4,6,8,11-12H2,1H3,(H,23,28)(H,25,26)(H,29,30)/b7-5+. The van der Waals surface area contributed by atoms with Crippen molar-refractivity contribution in [2.75, 3.05) is 18.4 Å². The fourth-order valence-electron chi connectivity index (χ4n) is 3.32. The van der Waals surface area contributed by atoms with E-state index in [9.17, 15) is 22.8 Å². The Balaban J connectivity index is 1.51. The van der Waals surface area contributed by atoms with Crippen molar-refractivity contribution in [3.63, 3.8) is 0 Å². The number of hydrogen-bond donors (Lipinski definition) is 5. The molecule has 2 aromatic rings. The van der Waals surface area contributed by atoms with Crippen LogP contribution in [0.2, 0.25) is 0 Å². The Morgan fingerprint density at radius 3 is 2.89 bits per heavy atom. The minimum atomic E-state index is -4.17. The summed E-state index contributed by atoms with van der Waals surface area (Å²) in [5.41, 5.74) is 2.57. The molecule has 1 heterocycles. The Morgan fingerprint density at radius 1 is 1.28 bits per heavy atom. The lowest BCUT2D eigenvalue weighted by Gasteiger charge is -2.16. The number of ether oxygens (including phenoxy) is 1. The van der Waals surface area contributed by atoms with Crippen molar-refractivity contribution in [2.24, 2.45) is 4.99 Å². The fraction of sp³-hybridized carbons (Fsp3) is 0.429. The number of aromatic nitrogens is 2. The first-order valence-electron chi connectivity index (χ1n) is 11.2. The maximum Gasteiger partial charge on any atom is 0.422 e. The second kappa shape index (κ2) is 12.9. The number of nitrogens with one attached hydrogen (secondary N) is 4. The number of aryl methyl sites for hydroxylation is 1. The molecule has 1 unspecified atom stereocenters. The number of amides is 1. The maximum atomic E-state index is 13.5. The molecular weight excluding hydrogens is 497 g/mol. The Kier molecular flexibility index (Phi) is 9.72. The lowest BCUT2D eigenvalue weighted by molar-refractivity contribution is 0.119. The van der Waals surface area contributed by atoms with Crippen LogP contribution >= 0.6 is 0 Å². The molecule has 196 valence electrons. The van der Waals surface area contributed by atoms with Gasteiger partial charge in [0.1, 0.15) is 11.9 Å². The molecule has 1 aromatic carbocycles. The number of nitrogens with zero attached hydrogens (tertiary/aromatic N) is 3. The summed E-state index contributed by atoms with van der Waals surface area (Å²) in [5, 5.41) is 19.6. The van der Waals surface area contributed by atoms with Crippen molar-refractivity contribution < 1.29 is 32.2 Å². The van der Waals surface area contributed by atoms with Crippen LogP contribution in [0.25, 0.3) is 0 Å². The van der Waals surface area contributed by atoms with Crippen molar-refractivity contribution in [3.05, 3.63) is 47.4 Å². The van der Waals surface area contributed by atoms with Crippen molar-refractivity contribution >= 4 is 33.6 Å². The van der Waals surface area contributed by atoms with E-state index in [2.05, 4.69) is 30.0 Å². The molecule has 1 aliphatic carbocycles. The van der Waals surface area contributed by atoms with Gasteiger partial charge in [-0.15, -0.1) is 0 Å². The lowest BCUT2D eigenvalue weighted by atomic mass is 10.0. The quantitative estimate of drug-likeness (QED) is 0.107. The van der Waals surface area contributed by atoms with Crippen LogP contribution in [0.4, 0.5) is 20.7 Å². The van der Waals surface area contributed by atoms with Gasteiger partial charge in [-0.3, -0.25) is 10.7 Å². The van der Waals surface area contributed by atoms with Gasteiger partial charge in [0.15, 0.2) is 11.5 Å². The molecule has 13 nitrogen and oxygen atoms in total. The Labute approximate surface area is 207 Å². The SMILES string of the molecule is Cc1cc(N=C(NO)c2nonc2NCCNS(=O)(=O)NC(=O)OC2/C=C/CCCCC2)ccc1F. The highest BCUT2D eigenvalue weighted by molar-refractivity contribution is 7.88. The third-order valence-corrected chi connectivity index (χ3v) is 6.12. The number of anilines is 1. The zero-order valence-corrected chi connectivity index (χ0v) is 20.3. The van der Waals surface area contributed by atoms with Gasteiger partial charge in [0.2, 0.25) is 5.82 Å². The van der Waals surface area contributed by atoms with Gasteiger partial charge in [0.05, 0.1) is 5.69 Å². The van der Waals surface area contributed by atoms with E-state index < -0.39 is 28.2 Å². The molecule has 36 heavy (non-hydrogen) atoms. The molecule has 1 amide bonds. The minimum absolute atomic E-state index is 0.00343. The molecule has 0 saturated heterocycles. The number of hydroxylamine groups is 1. The van der Waals surface area contributed by atoms with Gasteiger partial charge in [-0.05, 0) is 72.8 Å². The molecule has 3 rings (SSSR count). The highest BCUT2D eigenvalue weighted by Crippen LogP contribution is 2.19. The smallest absolute Gasteiger partial charge is 0.422 e. The van der Waals surface area contributed by atoms with Gasteiger partial charge in [-0.1, -0.05) is 12.5 Å². The summed E-state index contributed by atoms with van der Waals surface area (Å²) in [5.74, 6) is -0.491. The van der Waals surface area contributed by atoms with Gasteiger partial charge >= 0.3 is 16.3 Å². The van der Waals surface area contributed by atoms with Crippen LogP contribution in [-0.2, 0) is 14.9 Å². The third kappa shape index (κ3) is 8.28. The predicted molar refractivity (Wildman–Crippen MR) is 128 cm³/mol. The summed E-state index contributed by atoms with van der Waals surface area (Å²) in [6, 6.07) is 4.10. The summed E-state index contributed by atoms with van der Waals surface area (Å²) in [7, 11) is -4.17. The van der Waals surface area contributed by atoms with E-state index in [1.54, 1.807) is 13.0 Å². The van der Waals surface area contributed by atoms with E-state index >= 15 is 0 Å². The molecule has 0 aliphatic heterocycles. The topological polar surface area (TPSA) is 180 Å². The van der Waals surface area contributed by atoms with Crippen molar-refractivity contribution in [2.45, 2.75) is 45.1 Å². The van der Waals surface area contributed by atoms with Gasteiger partial charge in [0.25, 0.3) is 0 Å². The highest BCUT2D eigenvalue weighted by Gasteiger charge is 2.20. The minimum Gasteiger partial charge on any atom is -0.441 e. The number of hydrogen-bond acceptors (Lipinski definition) is 10. The molecule has 1 aliphatic rings. The first kappa shape index (κ1) is 27.0. The molecule has 0 radical (unpaired) electrons. The van der Waals surface area contributed by atoms with E-state index in [1.807, 2.05) is 16.3 Å². The first-order chi connectivity index (χ1) is 17.3. The zero-order chi connectivity index (χ0) is 26.0. The summed E-state index contributed by atoms with van der Waals surface area (Å²) >= 11 is 0. The van der Waals surface area contributed by atoms with Crippen LogP contribution in [0.15, 0.2) is 40.0 Å². The molecule has 0 fully saturated rings. The molecule has 1 atom stereocenters. The number of amidine groups is 1. The number of aliphatic imine (C=N–C) groups is 1. The molecule has 0 spiro atoms. The Bertz CT molecular complexity index is 1200. The molecule has 0 bridgehead atoms. The monoisotopic (exact) mass is 525 g/mol. The fourth-order valence-corrected chi connectivity index (χ4v) is 4.03. The van der Waals surface area contributed by atoms with Crippen molar-refractivity contribution in [3.8, 4) is 0 Å². The van der Waals surface area contributed by atoms with E-state index in [4.69, 9.17) is 4.74 Å². The molecular formula is C21H28FN7O6S. The summed E-state index contributed by atoms with van der Waals surface area (Å²) < 4.78 is 51.6. The number of benzene rings is 1. The number of carbonyl (C=O) groups excluding carboxylic acids is 1. The van der Waals surface area contributed by atoms with Crippen LogP contribution in [-0.4, -0.2) is 55.1 Å². The molecule has 5 N–H and O–H groups in total. The van der Waals surface area contributed by atoms with Crippen molar-refractivity contribution in [1.29, 1.82) is 0 Å². The van der Waals surface area contributed by atoms with Crippen LogP contribution in [0.3, 0.4) is 0 Å². The van der Waals surface area contributed by atoms with Crippen LogP contribution in [0, 0.1) is 12.7 Å². The van der Waals surface area contributed by atoms with E-state index in [1.165, 1.54) is 18.2 Å². The van der Waals surface area contributed by atoms with Gasteiger partial charge in [0, 0.05) is 13.1 Å². The average molecular weight is 526 g/mol. The average Bonchev–Trinajstić information content (AvgIpc) is 3.27. The number of allylic oxidation sites excluding steroid dienone is 1. The molecule has 1 aromatic heterocycles. The maximum absolute atomic E-state index is 13.5. The predicted octanol–water partition coefficient (Wildman–Crippen LogP) is 2.44. The van der Waals surface area contributed by atoms with Crippen molar-refractivity contribution in [1.82, 2.24) is 25.2 Å². The first-order valence-corrected chi connectivity index (χ1v) is 12.7. The second-order valence-corrected chi connectivity index (χ2v) is 9.40. The van der Waals surface area contributed by atoms with Gasteiger partial charge in [-0.2, -0.15) is 13.1 Å². The molecule has 0 saturated carbocycles. The largest absolute Gasteiger partial charge is 0.441 e. The van der Waals surface area contributed by atoms with E-state index in [0.717, 1.165) is 25.7 Å². The summed E-state index contributed by atoms with van der Waals surface area (Å²) in [6.45, 7) is 1.43. The van der Waals surface area contributed by atoms with Gasteiger partial charge in [-0.25, -0.2) is 23.5 Å². The second-order valence-electron chi connectivity index (χ2n) is 7.90. The van der Waals surface area contributed by atoms with Crippen LogP contribution in [0.1, 0.15) is 43.4 Å². The van der Waals surface area contributed by atoms with Crippen LogP contribution < -0.4 is 20.2 Å². The van der Waals surface area contributed by atoms with E-state index in [0.29, 0.717) is 17.7 Å². The number of rotatable bonds is 9. The highest BCUT2D eigenvalue weighted by atomic mass is 32.2. The third-order valence-electron chi connectivity index (χ3n) is 5.10. The Hall–Kier alpha value is -3.56. The number of carbonyl (C=O) groups is 1. The zero-order valence-electron chi connectivity index (χ0n) is 19.5. The lowest BCUT2D eigenvalue weighted by Crippen LogP contribution is -2.43. The molecule has 15 heteroatoms.